The van der Waals surface area contributed by atoms with E-state index in [-0.39, 0.29) is 83.1 Å². The number of phenols is 2. The number of benzene rings is 6. The number of carbonyl (C=O) groups excluding carboxylic acids is 4. The molecule has 0 saturated carbocycles. The number of aromatic hydroxyl groups is 2. The largest absolute Gasteiger partial charge is 0.504 e. The van der Waals surface area contributed by atoms with Gasteiger partial charge in [-0.1, -0.05) is 49.4 Å². The molecule has 14 aliphatic heterocycles. The number of aromatic amines is 1. The Morgan fingerprint density at radius 1 is 0.631 bits per heavy atom. The summed E-state index contributed by atoms with van der Waals surface area (Å²) >= 11 is 2.68. The average Bonchev–Trinajstić information content (AvgIpc) is 1.61. The Hall–Kier alpha value is -9.02. The number of para-hydroxylation sites is 1. The maximum Gasteiger partial charge on any atom is 0.335 e. The Morgan fingerprint density at radius 2 is 1.22 bits per heavy atom. The number of aliphatic hydroxyl groups excluding tert-OH is 4. The molecule has 18 atom stereocenters. The van der Waals surface area contributed by atoms with Crippen LogP contribution in [-0.4, -0.2) is 177 Å². The van der Waals surface area contributed by atoms with Gasteiger partial charge in [0.1, 0.15) is 48.5 Å². The number of piperazine rings is 2. The van der Waals surface area contributed by atoms with E-state index in [2.05, 4.69) is 26.3 Å². The molecule has 8 bridgehead atoms. The second kappa shape index (κ2) is 25.5. The molecule has 111 heavy (non-hydrogen) atoms. The van der Waals surface area contributed by atoms with Gasteiger partial charge in [0.2, 0.25) is 6.79 Å². The van der Waals surface area contributed by atoms with Gasteiger partial charge >= 0.3 is 23.9 Å². The lowest BCUT2D eigenvalue weighted by atomic mass is 9.71. The maximum atomic E-state index is 16.2. The summed E-state index contributed by atoms with van der Waals surface area (Å²) in [7, 11) is 3.00. The van der Waals surface area contributed by atoms with Crippen LogP contribution in [0, 0.1) is 27.7 Å². The van der Waals surface area contributed by atoms with Crippen molar-refractivity contribution in [3.63, 3.8) is 0 Å². The van der Waals surface area contributed by atoms with Crippen LogP contribution >= 0.6 is 23.5 Å². The molecule has 16 heterocycles. The molecular formula is C81H83N7O21S2. The highest BCUT2D eigenvalue weighted by Crippen LogP contribution is 2.68. The van der Waals surface area contributed by atoms with E-state index in [1.165, 1.54) is 51.6 Å². The van der Waals surface area contributed by atoms with Crippen LogP contribution in [0.15, 0.2) is 59.0 Å². The molecule has 30 heteroatoms. The maximum absolute atomic E-state index is 16.2. The Bertz CT molecular complexity index is 5400. The number of nitrogens with zero attached hydrogens (tertiary/aromatic N) is 2. The first-order valence-electron chi connectivity index (χ1n) is 37.6. The predicted octanol–water partition coefficient (Wildman–Crippen LogP) is 7.28. The molecule has 22 rings (SSSR count). The number of ether oxygens (including phenoxy) is 10. The summed E-state index contributed by atoms with van der Waals surface area (Å²) in [6.07, 6.45) is -3.03. The zero-order valence-electron chi connectivity index (χ0n) is 62.0. The number of carbonyl (C=O) groups is 4. The van der Waals surface area contributed by atoms with Crippen molar-refractivity contribution >= 4 is 69.3 Å². The van der Waals surface area contributed by atoms with E-state index in [0.29, 0.717) is 108 Å². The first-order valence-corrected chi connectivity index (χ1v) is 39.7. The molecule has 14 aliphatic rings. The lowest BCUT2D eigenvalue weighted by Gasteiger charge is -2.60. The molecule has 0 aliphatic carbocycles. The molecule has 580 valence electrons. The second-order valence-electron chi connectivity index (χ2n) is 31.5. The first-order chi connectivity index (χ1) is 53.5. The number of aromatic nitrogens is 1. The minimum absolute atomic E-state index is 0.0368. The van der Waals surface area contributed by atoms with Gasteiger partial charge in [0, 0.05) is 127 Å². The quantitative estimate of drug-likeness (QED) is 0.0551. The Labute approximate surface area is 643 Å². The molecule has 2 aromatic heterocycles. The summed E-state index contributed by atoms with van der Waals surface area (Å²) in [6.45, 7) is 10.1. The fraction of sp³-hybridized carbons (Fsp3) is 0.457. The molecule has 4 fully saturated rings. The molecule has 2 spiro atoms. The third-order valence-corrected chi connectivity index (χ3v) is 28.6. The number of nitrogens with one attached hydrogen (secondary N) is 5. The monoisotopic (exact) mass is 1550 g/mol. The summed E-state index contributed by atoms with van der Waals surface area (Å²) in [6, 6.07) is 9.24. The predicted molar refractivity (Wildman–Crippen MR) is 400 cm³/mol. The van der Waals surface area contributed by atoms with E-state index in [9.17, 15) is 40.2 Å². The Morgan fingerprint density at radius 3 is 1.89 bits per heavy atom. The number of phenolic OH excluding ortho intramolecular Hbond substituents is 2. The molecular weight excluding hydrogens is 1470 g/mol. The van der Waals surface area contributed by atoms with E-state index in [1.807, 2.05) is 73.0 Å². The standard InChI is InChI=1S/C81H83N7O21S2/c1-29-17-36-19-45-75(95)87-46-24-102-79(98)81(27-111-71(59(87)57(82-45)49(36)61(93)63(29)99-8)54-52(46)69-67(103-28-104-69)32(4)65(54)105-34(6)91)74-43(21-38(23-90)86-81)50-40(14-12-16-48(50)107-74)77-108-68-33(5)66(106-35(7)92)55-53(70(68)109-77)47-25-101-78(97)80(73-42(20-37(22-89)85-80)39-13-10-11-15-44(39)83-73)26-110-72(55)60-58-51-41(18-30(2)64(100-9)62(51)94)31(3)56(84-58)76(96)88(47)60/h10-18,31,37-38,45-47,56-60,71-72,75-77,82-86,89-90,93-96H,19-28H2,1-9H3/t31?,37-,38-,45-,46-,47-,56-,57+,58+,59+,60+,71+,72+,75-,76-,77?,80+,81+/m0/s1. The smallest absolute Gasteiger partial charge is 0.335 e. The highest BCUT2D eigenvalue weighted by molar-refractivity contribution is 7.99. The lowest BCUT2D eigenvalue weighted by molar-refractivity contribution is -0.166. The molecule has 0 radical (unpaired) electrons. The van der Waals surface area contributed by atoms with Crippen LogP contribution < -0.4 is 59.2 Å². The number of esters is 4. The molecule has 0 amide bonds. The van der Waals surface area contributed by atoms with Crippen LogP contribution in [0.25, 0.3) is 21.9 Å². The number of hydrogen-bond acceptors (Lipinski definition) is 29. The highest BCUT2D eigenvalue weighted by atomic mass is 32.2. The number of aryl methyl sites for hydroxylation is 2. The van der Waals surface area contributed by atoms with Crippen molar-refractivity contribution in [2.75, 3.05) is 58.9 Å². The fourth-order valence-electron chi connectivity index (χ4n) is 21.2. The topological polar surface area (TPSA) is 365 Å². The number of furan rings is 1. The van der Waals surface area contributed by atoms with Crippen molar-refractivity contribution in [3.05, 3.63) is 150 Å². The summed E-state index contributed by atoms with van der Waals surface area (Å²) in [5, 5.41) is 88.5. The van der Waals surface area contributed by atoms with Crippen molar-refractivity contribution in [3.8, 4) is 57.5 Å². The second-order valence-corrected chi connectivity index (χ2v) is 33.8. The molecule has 11 N–H and O–H groups in total. The zero-order valence-corrected chi connectivity index (χ0v) is 63.7. The number of hydrogen-bond donors (Lipinski definition) is 11. The SMILES string of the molecule is COc1c(C)cc2c(c1O)[C@H]1N[C@@H](C2)[C@H](O)N2[C@H]1[C@@H]1SC[C@]3(N[C@H](CO)Cc4c3oc3cccc(C5Oc6c(C)c(OC(C)=O)c7c(c6O5)[C@@H]5COC(=O)[C@]6(CS[C@H]7[C@H]7[C@@H]8N[C@@H](C(C)c9cc(C)c(OC)c(O)c98)[C@H](O)N75)N[C@H](CO)Cc5c6[nH]c6ccccc56)c43)C(=O)OC[C@H]2c2c3c(c(C)c(OC(C)=O)c21)OCO3. The normalized spacial score (nSPS) is 31.6. The number of thioether (sulfide) groups is 2. The van der Waals surface area contributed by atoms with E-state index in [0.717, 1.165) is 27.6 Å². The van der Waals surface area contributed by atoms with Gasteiger partial charge in [-0.05, 0) is 86.9 Å². The number of fused-ring (bicyclic) bond motifs is 22. The number of aliphatic hydroxyl groups is 4. The van der Waals surface area contributed by atoms with Crippen LogP contribution in [0.2, 0.25) is 0 Å². The zero-order chi connectivity index (χ0) is 76.8. The van der Waals surface area contributed by atoms with Crippen LogP contribution in [0.3, 0.4) is 0 Å². The van der Waals surface area contributed by atoms with Gasteiger partial charge in [-0.2, -0.15) is 0 Å². The van der Waals surface area contributed by atoms with E-state index in [4.69, 9.17) is 51.8 Å². The molecule has 4 saturated heterocycles. The van der Waals surface area contributed by atoms with Crippen molar-refractivity contribution < 1.29 is 102 Å². The van der Waals surface area contributed by atoms with Gasteiger partial charge in [-0.3, -0.25) is 30.0 Å². The fourth-order valence-corrected chi connectivity index (χ4v) is 24.5. The van der Waals surface area contributed by atoms with Gasteiger partial charge in [0.25, 0.3) is 6.29 Å². The van der Waals surface area contributed by atoms with Crippen molar-refractivity contribution in [2.24, 2.45) is 0 Å². The van der Waals surface area contributed by atoms with Gasteiger partial charge in [-0.15, -0.1) is 23.5 Å². The van der Waals surface area contributed by atoms with Gasteiger partial charge in [0.05, 0.1) is 79.9 Å². The van der Waals surface area contributed by atoms with Crippen molar-refractivity contribution in [1.29, 1.82) is 0 Å². The van der Waals surface area contributed by atoms with Gasteiger partial charge in [-0.25, -0.2) is 9.59 Å². The van der Waals surface area contributed by atoms with Gasteiger partial charge < -0.3 is 98.0 Å². The van der Waals surface area contributed by atoms with Gasteiger partial charge in [0.15, 0.2) is 57.1 Å². The summed E-state index contributed by atoms with van der Waals surface area (Å²) < 4.78 is 72.6. The van der Waals surface area contributed by atoms with Crippen molar-refractivity contribution in [2.45, 2.75) is 174 Å². The first kappa shape index (κ1) is 71.0. The van der Waals surface area contributed by atoms with Crippen LogP contribution in [0.4, 0.5) is 0 Å². The number of rotatable bonds is 7. The van der Waals surface area contributed by atoms with Crippen LogP contribution in [0.5, 0.6) is 57.5 Å². The third kappa shape index (κ3) is 9.78. The molecule has 8 aromatic rings. The summed E-state index contributed by atoms with van der Waals surface area (Å²) in [5.41, 5.74) is 6.92. The molecule has 6 aromatic carbocycles. The van der Waals surface area contributed by atoms with Crippen LogP contribution in [-0.2, 0) is 59.0 Å². The Balaban J connectivity index is 0.744. The highest BCUT2D eigenvalue weighted by Gasteiger charge is 2.65. The van der Waals surface area contributed by atoms with E-state index >= 15 is 9.59 Å². The number of H-pyrrole nitrogens is 1. The van der Waals surface area contributed by atoms with Crippen molar-refractivity contribution in [1.82, 2.24) is 36.1 Å². The third-order valence-electron chi connectivity index (χ3n) is 25.6. The van der Waals surface area contributed by atoms with E-state index < -0.39 is 150 Å². The minimum Gasteiger partial charge on any atom is -0.504 e. The van der Waals surface area contributed by atoms with Crippen LogP contribution in [0.1, 0.15) is 163 Å². The lowest BCUT2D eigenvalue weighted by Crippen LogP contribution is -2.70. The Kier molecular flexibility index (Phi) is 16.3. The summed E-state index contributed by atoms with van der Waals surface area (Å²) in [5.74, 6) is -1.25. The minimum atomic E-state index is -1.90. The summed E-state index contributed by atoms with van der Waals surface area (Å²) in [4.78, 5) is 67.1. The van der Waals surface area contributed by atoms with E-state index in [1.54, 1.807) is 26.0 Å². The molecule has 2 unspecified atom stereocenters. The average molecular weight is 1550 g/mol. The molecule has 28 nitrogen and oxygen atoms in total. The number of methoxy groups -OCH3 is 2.